The number of benzene rings is 4. The van der Waals surface area contributed by atoms with Crippen molar-refractivity contribution in [3.63, 3.8) is 0 Å². The second-order valence-corrected chi connectivity index (χ2v) is 10.8. The van der Waals surface area contributed by atoms with E-state index in [2.05, 4.69) is 21.1 Å². The Kier molecular flexibility index (Phi) is 14.3. The van der Waals surface area contributed by atoms with Crippen LogP contribution in [0, 0.1) is 0 Å². The average molecular weight is 743 g/mol. The number of hydrazone groups is 2. The Morgan fingerprint density at radius 1 is 0.463 bits per heavy atom. The van der Waals surface area contributed by atoms with E-state index < -0.39 is 23.8 Å². The lowest BCUT2D eigenvalue weighted by Gasteiger charge is -2.11. The Balaban J connectivity index is 1.23. The van der Waals surface area contributed by atoms with Crippen LogP contribution in [0.15, 0.2) is 83.0 Å². The molecule has 4 aromatic rings. The molecule has 2 amide bonds. The molecule has 16 heteroatoms. The smallest absolute Gasteiger partial charge is 0.343 e. The van der Waals surface area contributed by atoms with E-state index in [1.807, 2.05) is 0 Å². The van der Waals surface area contributed by atoms with Gasteiger partial charge in [0.15, 0.2) is 46.0 Å². The van der Waals surface area contributed by atoms with Gasteiger partial charge < -0.3 is 37.9 Å². The van der Waals surface area contributed by atoms with Crippen molar-refractivity contribution >= 4 is 36.2 Å². The van der Waals surface area contributed by atoms with Gasteiger partial charge in [-0.2, -0.15) is 10.2 Å². The van der Waals surface area contributed by atoms with Gasteiger partial charge in [-0.15, -0.1) is 0 Å². The van der Waals surface area contributed by atoms with Crippen LogP contribution in [0.3, 0.4) is 0 Å². The van der Waals surface area contributed by atoms with Crippen molar-refractivity contribution in [3.05, 3.63) is 95.1 Å². The second-order valence-electron chi connectivity index (χ2n) is 10.8. The van der Waals surface area contributed by atoms with Gasteiger partial charge in [0.05, 0.1) is 66.2 Å². The number of amides is 2. The van der Waals surface area contributed by atoms with Crippen LogP contribution in [-0.4, -0.2) is 78.8 Å². The standard InChI is InChI=1S/C38H38N4O12/c1-47-27-13-9-25(19-33(27)51-5)37(45)53-29-11-7-23(17-31(29)49-3)21-39-41-35(43)15-16-36(44)42-40-22-24-8-12-30(32(18-24)50-4)54-38(46)26-10-14-28(48-2)34(20-26)52-6/h7-14,17-22H,15-16H2,1-6H3,(H,41,43)(H,42,44)/b39-21+,40-22+. The first kappa shape index (κ1) is 39.7. The topological polar surface area (TPSA) is 191 Å². The van der Waals surface area contributed by atoms with E-state index >= 15 is 0 Å². The van der Waals surface area contributed by atoms with E-state index in [9.17, 15) is 19.2 Å². The summed E-state index contributed by atoms with van der Waals surface area (Å²) >= 11 is 0. The molecule has 0 atom stereocenters. The fourth-order valence-electron chi connectivity index (χ4n) is 4.64. The van der Waals surface area contributed by atoms with Gasteiger partial charge in [0.25, 0.3) is 0 Å². The van der Waals surface area contributed by atoms with Crippen molar-refractivity contribution < 1.29 is 57.1 Å². The third-order valence-electron chi connectivity index (χ3n) is 7.40. The maximum atomic E-state index is 12.7. The first-order valence-corrected chi connectivity index (χ1v) is 16.0. The summed E-state index contributed by atoms with van der Waals surface area (Å²) < 4.78 is 42.6. The van der Waals surface area contributed by atoms with Crippen molar-refractivity contribution in [2.45, 2.75) is 12.8 Å². The van der Waals surface area contributed by atoms with Gasteiger partial charge in [0.1, 0.15) is 0 Å². The van der Waals surface area contributed by atoms with Gasteiger partial charge in [-0.25, -0.2) is 20.4 Å². The maximum Gasteiger partial charge on any atom is 0.343 e. The minimum absolute atomic E-state index is 0.163. The summed E-state index contributed by atoms with van der Waals surface area (Å²) in [7, 11) is 8.72. The molecule has 0 aliphatic carbocycles. The summed E-state index contributed by atoms with van der Waals surface area (Å²) in [6.45, 7) is 0. The number of ether oxygens (including phenoxy) is 8. The second kappa shape index (κ2) is 19.5. The van der Waals surface area contributed by atoms with E-state index in [1.165, 1.54) is 79.4 Å². The van der Waals surface area contributed by atoms with E-state index in [0.717, 1.165) is 0 Å². The lowest BCUT2D eigenvalue weighted by Crippen LogP contribution is -2.22. The minimum atomic E-state index is -0.639. The summed E-state index contributed by atoms with van der Waals surface area (Å²) in [6, 6.07) is 18.6. The van der Waals surface area contributed by atoms with Gasteiger partial charge in [0, 0.05) is 12.8 Å². The fourth-order valence-corrected chi connectivity index (χ4v) is 4.64. The zero-order valence-corrected chi connectivity index (χ0v) is 30.3. The molecule has 54 heavy (non-hydrogen) atoms. The molecule has 0 radical (unpaired) electrons. The molecule has 0 saturated heterocycles. The van der Waals surface area contributed by atoms with Gasteiger partial charge in [-0.1, -0.05) is 0 Å². The Morgan fingerprint density at radius 3 is 1.15 bits per heavy atom. The molecule has 0 unspecified atom stereocenters. The van der Waals surface area contributed by atoms with E-state index in [1.54, 1.807) is 48.5 Å². The highest BCUT2D eigenvalue weighted by Crippen LogP contribution is 2.32. The third kappa shape index (κ3) is 10.7. The first-order chi connectivity index (χ1) is 26.1. The van der Waals surface area contributed by atoms with Crippen LogP contribution in [0.25, 0.3) is 0 Å². The number of carbonyl (C=O) groups excluding carboxylic acids is 4. The van der Waals surface area contributed by atoms with Gasteiger partial charge in [-0.05, 0) is 83.9 Å². The molecule has 0 aliphatic rings. The molecule has 16 nitrogen and oxygen atoms in total. The largest absolute Gasteiger partial charge is 0.493 e. The van der Waals surface area contributed by atoms with Crippen molar-refractivity contribution in [2.75, 3.05) is 42.7 Å². The highest BCUT2D eigenvalue weighted by molar-refractivity contribution is 5.93. The van der Waals surface area contributed by atoms with Crippen molar-refractivity contribution in [2.24, 2.45) is 10.2 Å². The summed E-state index contributed by atoms with van der Waals surface area (Å²) in [5.74, 6) is 0.202. The summed E-state index contributed by atoms with van der Waals surface area (Å²) in [5.41, 5.74) is 6.25. The molecule has 4 aromatic carbocycles. The number of nitrogens with zero attached hydrogens (tertiary/aromatic N) is 2. The van der Waals surface area contributed by atoms with Crippen LogP contribution in [0.1, 0.15) is 44.7 Å². The molecule has 0 saturated carbocycles. The predicted octanol–water partition coefficient (Wildman–Crippen LogP) is 4.56. The van der Waals surface area contributed by atoms with Crippen LogP contribution >= 0.6 is 0 Å². The molecule has 2 N–H and O–H groups in total. The van der Waals surface area contributed by atoms with E-state index in [-0.39, 0.29) is 47.0 Å². The molecule has 0 heterocycles. The highest BCUT2D eigenvalue weighted by atomic mass is 16.6. The zero-order valence-electron chi connectivity index (χ0n) is 30.3. The fraction of sp³-hybridized carbons (Fsp3) is 0.211. The summed E-state index contributed by atoms with van der Waals surface area (Å²) in [6.07, 6.45) is 2.39. The van der Waals surface area contributed by atoms with Gasteiger partial charge in [-0.3, -0.25) is 9.59 Å². The molecule has 282 valence electrons. The molecule has 0 spiro atoms. The number of esters is 2. The third-order valence-corrected chi connectivity index (χ3v) is 7.40. The molecule has 4 rings (SSSR count). The highest BCUT2D eigenvalue weighted by Gasteiger charge is 2.17. The van der Waals surface area contributed by atoms with E-state index in [4.69, 9.17) is 37.9 Å². The maximum absolute atomic E-state index is 12.7. The minimum Gasteiger partial charge on any atom is -0.493 e. The monoisotopic (exact) mass is 742 g/mol. The SMILES string of the molecule is COc1ccc(C(=O)Oc2ccc(/C=N/NC(=O)CCC(=O)N/N=C/c3ccc(OC(=O)c4ccc(OC)c(OC)c4)c(OC)c3)cc2OC)cc1OC. The number of carbonyl (C=O) groups is 4. The Morgan fingerprint density at radius 2 is 0.796 bits per heavy atom. The van der Waals surface area contributed by atoms with Crippen LogP contribution in [0.2, 0.25) is 0 Å². The van der Waals surface area contributed by atoms with Crippen LogP contribution in [0.4, 0.5) is 0 Å². The number of methoxy groups -OCH3 is 6. The molecule has 0 aromatic heterocycles. The molecule has 0 bridgehead atoms. The molecule has 0 aliphatic heterocycles. The van der Waals surface area contributed by atoms with Gasteiger partial charge >= 0.3 is 11.9 Å². The zero-order chi connectivity index (χ0) is 39.0. The van der Waals surface area contributed by atoms with Gasteiger partial charge in [0.2, 0.25) is 11.8 Å². The summed E-state index contributed by atoms with van der Waals surface area (Å²) in [5, 5.41) is 7.83. The normalized spacial score (nSPS) is 10.7. The molecular weight excluding hydrogens is 704 g/mol. The van der Waals surface area contributed by atoms with Crippen molar-refractivity contribution in [1.82, 2.24) is 10.9 Å². The number of hydrogen-bond acceptors (Lipinski definition) is 14. The van der Waals surface area contributed by atoms with Crippen LogP contribution < -0.4 is 48.7 Å². The lowest BCUT2D eigenvalue weighted by molar-refractivity contribution is -0.126. The van der Waals surface area contributed by atoms with Crippen LogP contribution in [-0.2, 0) is 9.59 Å². The lowest BCUT2D eigenvalue weighted by atomic mass is 10.2. The quantitative estimate of drug-likeness (QED) is 0.0665. The Hall–Kier alpha value is -7.10. The molecule has 0 fully saturated rings. The van der Waals surface area contributed by atoms with Crippen molar-refractivity contribution in [3.8, 4) is 46.0 Å². The predicted molar refractivity (Wildman–Crippen MR) is 196 cm³/mol. The summed E-state index contributed by atoms with van der Waals surface area (Å²) in [4.78, 5) is 50.0. The Labute approximate surface area is 310 Å². The number of hydrogen-bond donors (Lipinski definition) is 2. The van der Waals surface area contributed by atoms with E-state index in [0.29, 0.717) is 34.1 Å². The van der Waals surface area contributed by atoms with Crippen LogP contribution in [0.5, 0.6) is 46.0 Å². The average Bonchev–Trinajstić information content (AvgIpc) is 3.20. The first-order valence-electron chi connectivity index (χ1n) is 16.0. The van der Waals surface area contributed by atoms with Crippen molar-refractivity contribution in [1.29, 1.82) is 0 Å². The number of nitrogens with one attached hydrogen (secondary N) is 2. The Bertz CT molecular complexity index is 1900. The number of rotatable bonds is 17. The molecular formula is C38H38N4O12.